The lowest BCUT2D eigenvalue weighted by molar-refractivity contribution is -0.385. The Kier molecular flexibility index (Phi) is 11.3. The largest absolute Gasteiger partial charge is 0.418 e. The van der Waals surface area contributed by atoms with Crippen molar-refractivity contribution in [3.8, 4) is 0 Å². The van der Waals surface area contributed by atoms with Gasteiger partial charge >= 0.3 is 6.18 Å². The zero-order valence-electron chi connectivity index (χ0n) is 22.2. The molecule has 24 heteroatoms. The normalized spacial score (nSPS) is 16.4. The van der Waals surface area contributed by atoms with Crippen molar-refractivity contribution in [2.75, 3.05) is 76.1 Å². The Morgan fingerprint density at radius 1 is 0.857 bits per heavy atom. The smallest absolute Gasteiger partial charge is 0.365 e. The summed E-state index contributed by atoms with van der Waals surface area (Å²) >= 11 is 0. The molecule has 0 aliphatic carbocycles. The number of benzene rings is 1. The molecular weight excluding hydrogens is 665 g/mol. The number of anilines is 1. The molecule has 2 rings (SSSR count). The second-order valence-corrected chi connectivity index (χ2v) is 15.5. The number of hydrogen-bond acceptors (Lipinski definition) is 15. The molecule has 0 unspecified atom stereocenters. The average Bonchev–Trinajstić information content (AvgIpc) is 2.79. The third kappa shape index (κ3) is 10.8. The van der Waals surface area contributed by atoms with Crippen LogP contribution in [0.4, 0.5) is 24.5 Å². The summed E-state index contributed by atoms with van der Waals surface area (Å²) in [5.41, 5.74) is -4.20. The van der Waals surface area contributed by atoms with Crippen LogP contribution in [-0.2, 0) is 59.2 Å². The van der Waals surface area contributed by atoms with Gasteiger partial charge in [0.05, 0.1) is 48.2 Å². The van der Waals surface area contributed by atoms with Gasteiger partial charge in [-0.25, -0.2) is 8.42 Å². The number of piperazine rings is 1. The molecule has 17 nitrogen and oxygen atoms in total. The number of nitrogens with zero attached hydrogens (tertiary/aromatic N) is 4. The lowest BCUT2D eigenvalue weighted by Gasteiger charge is -2.34. The number of rotatable bonds is 14. The second kappa shape index (κ2) is 13.2. The standard InChI is InChI=1S/C18H27F3N4O13S4/c1-39(28,29)36-10-8-22(9-11-37-40(2,30)31)17-15(18(19,20)21)12-14(25(26)27)13-16(17)42(34,35)24-6-4-23(5-7-24)38-41(3,32)33/h12-13H,4-11H2,1-3H3. The first-order valence-electron chi connectivity index (χ1n) is 11.4. The summed E-state index contributed by atoms with van der Waals surface area (Å²) in [4.78, 5) is 9.69. The zero-order valence-corrected chi connectivity index (χ0v) is 25.4. The van der Waals surface area contributed by atoms with Gasteiger partial charge in [-0.1, -0.05) is 0 Å². The van der Waals surface area contributed by atoms with E-state index in [1.54, 1.807) is 0 Å². The average molecular weight is 693 g/mol. The van der Waals surface area contributed by atoms with Crippen LogP contribution in [-0.4, -0.2) is 119 Å². The molecule has 1 aliphatic heterocycles. The van der Waals surface area contributed by atoms with E-state index in [0.717, 1.165) is 11.3 Å². The molecule has 1 saturated heterocycles. The van der Waals surface area contributed by atoms with Crippen LogP contribution >= 0.6 is 0 Å². The van der Waals surface area contributed by atoms with E-state index in [9.17, 15) is 57.0 Å². The maximum Gasteiger partial charge on any atom is 0.418 e. The van der Waals surface area contributed by atoms with Gasteiger partial charge in [0.2, 0.25) is 10.0 Å². The van der Waals surface area contributed by atoms with Gasteiger partial charge in [-0.15, -0.1) is 0 Å². The highest BCUT2D eigenvalue weighted by Gasteiger charge is 2.42. The summed E-state index contributed by atoms with van der Waals surface area (Å²) in [5, 5.41) is 12.4. The molecule has 0 bridgehead atoms. The van der Waals surface area contributed by atoms with Gasteiger partial charge in [0.1, 0.15) is 4.90 Å². The van der Waals surface area contributed by atoms with Crippen molar-refractivity contribution in [1.82, 2.24) is 9.37 Å². The summed E-state index contributed by atoms with van der Waals surface area (Å²) in [5.74, 6) is 0. The van der Waals surface area contributed by atoms with Gasteiger partial charge in [0.25, 0.3) is 36.0 Å². The summed E-state index contributed by atoms with van der Waals surface area (Å²) in [6.45, 7) is -4.89. The van der Waals surface area contributed by atoms with Crippen LogP contribution in [0.15, 0.2) is 17.0 Å². The van der Waals surface area contributed by atoms with E-state index in [2.05, 4.69) is 12.6 Å². The SMILES string of the molecule is CS(=O)(=O)OCCN(CCOS(C)(=O)=O)c1c(C(F)(F)F)cc([N+](=O)[O-])cc1S(=O)(=O)N1CCN(OS(C)(=O)=O)CC1. The van der Waals surface area contributed by atoms with Crippen molar-refractivity contribution < 1.29 is 64.4 Å². The van der Waals surface area contributed by atoms with Crippen molar-refractivity contribution in [3.05, 3.63) is 27.8 Å². The maximum atomic E-state index is 14.3. The molecule has 0 N–H and O–H groups in total. The predicted octanol–water partition coefficient (Wildman–Crippen LogP) is -0.430. The minimum absolute atomic E-state index is 0.0775. The molecule has 1 aromatic rings. The molecule has 0 radical (unpaired) electrons. The molecule has 42 heavy (non-hydrogen) atoms. The molecule has 1 heterocycles. The van der Waals surface area contributed by atoms with Crippen molar-refractivity contribution in [3.63, 3.8) is 0 Å². The van der Waals surface area contributed by atoms with E-state index in [-0.39, 0.29) is 19.2 Å². The summed E-state index contributed by atoms with van der Waals surface area (Å²) in [7, 11) is -17.2. The molecule has 1 aliphatic rings. The number of non-ortho nitro benzene ring substituents is 1. The fourth-order valence-corrected chi connectivity index (χ4v) is 6.65. The van der Waals surface area contributed by atoms with Gasteiger partial charge in [0.15, 0.2) is 0 Å². The number of alkyl halides is 3. The van der Waals surface area contributed by atoms with Crippen LogP contribution in [0.1, 0.15) is 5.56 Å². The lowest BCUT2D eigenvalue weighted by Crippen LogP contribution is -2.49. The van der Waals surface area contributed by atoms with E-state index in [4.69, 9.17) is 0 Å². The molecule has 1 aromatic carbocycles. The van der Waals surface area contributed by atoms with E-state index >= 15 is 0 Å². The highest BCUT2D eigenvalue weighted by atomic mass is 32.2. The third-order valence-corrected chi connectivity index (χ3v) is 8.85. The number of hydroxylamine groups is 2. The Labute approximate surface area is 240 Å². The van der Waals surface area contributed by atoms with E-state index in [1.807, 2.05) is 0 Å². The number of halogens is 3. The lowest BCUT2D eigenvalue weighted by atomic mass is 10.1. The van der Waals surface area contributed by atoms with Gasteiger partial charge in [0, 0.05) is 51.4 Å². The van der Waals surface area contributed by atoms with Crippen molar-refractivity contribution in [1.29, 1.82) is 0 Å². The summed E-state index contributed by atoms with van der Waals surface area (Å²) in [6.07, 6.45) is -3.39. The topological polar surface area (TPSA) is 217 Å². The summed E-state index contributed by atoms with van der Waals surface area (Å²) in [6, 6.07) is 0.454. The van der Waals surface area contributed by atoms with Gasteiger partial charge in [-0.3, -0.25) is 18.5 Å². The number of nitro benzene ring substituents is 1. The van der Waals surface area contributed by atoms with E-state index in [0.29, 0.717) is 27.8 Å². The second-order valence-electron chi connectivity index (χ2n) is 8.75. The zero-order chi connectivity index (χ0) is 32.3. The number of nitro groups is 1. The molecule has 0 spiro atoms. The number of hydrogen-bond donors (Lipinski definition) is 0. The molecule has 0 atom stereocenters. The monoisotopic (exact) mass is 692 g/mol. The highest BCUT2D eigenvalue weighted by molar-refractivity contribution is 7.89. The first-order chi connectivity index (χ1) is 18.9. The molecule has 0 aromatic heterocycles. The first kappa shape index (κ1) is 36.0. The van der Waals surface area contributed by atoms with Gasteiger partial charge in [-0.05, 0) is 0 Å². The first-order valence-corrected chi connectivity index (χ1v) is 18.3. The molecule has 0 amide bonds. The van der Waals surface area contributed by atoms with Crippen LogP contribution in [0.3, 0.4) is 0 Å². The van der Waals surface area contributed by atoms with Crippen LogP contribution in [0.5, 0.6) is 0 Å². The minimum atomic E-state index is -5.40. The van der Waals surface area contributed by atoms with Crippen LogP contribution < -0.4 is 4.90 Å². The van der Waals surface area contributed by atoms with Crippen molar-refractivity contribution in [2.45, 2.75) is 11.1 Å². The molecule has 1 fully saturated rings. The fraction of sp³-hybridized carbons (Fsp3) is 0.667. The van der Waals surface area contributed by atoms with Crippen LogP contribution in [0.25, 0.3) is 0 Å². The fourth-order valence-electron chi connectivity index (χ4n) is 3.69. The van der Waals surface area contributed by atoms with E-state index in [1.165, 1.54) is 0 Å². The summed E-state index contributed by atoms with van der Waals surface area (Å²) < 4.78 is 153. The highest BCUT2D eigenvalue weighted by Crippen LogP contribution is 2.43. The van der Waals surface area contributed by atoms with Gasteiger partial charge < -0.3 is 4.90 Å². The van der Waals surface area contributed by atoms with E-state index < -0.39 is 113 Å². The predicted molar refractivity (Wildman–Crippen MR) is 138 cm³/mol. The Morgan fingerprint density at radius 3 is 1.71 bits per heavy atom. The quantitative estimate of drug-likeness (QED) is 0.137. The van der Waals surface area contributed by atoms with Crippen LogP contribution in [0.2, 0.25) is 0 Å². The Morgan fingerprint density at radius 2 is 1.33 bits per heavy atom. The maximum absolute atomic E-state index is 14.3. The Hall–Kier alpha value is -2.19. The van der Waals surface area contributed by atoms with Crippen LogP contribution in [0, 0.1) is 10.1 Å². The number of sulfonamides is 1. The molecule has 242 valence electrons. The molecule has 0 saturated carbocycles. The van der Waals surface area contributed by atoms with Crippen molar-refractivity contribution >= 4 is 51.8 Å². The Bertz CT molecular complexity index is 1550. The van der Waals surface area contributed by atoms with Crippen molar-refractivity contribution in [2.24, 2.45) is 0 Å². The third-order valence-electron chi connectivity index (χ3n) is 5.27. The van der Waals surface area contributed by atoms with Gasteiger partial charge in [-0.2, -0.15) is 52.1 Å². The molecular formula is C18H27F3N4O13S4. The Balaban J connectivity index is 2.72. The minimum Gasteiger partial charge on any atom is -0.365 e.